The van der Waals surface area contributed by atoms with E-state index in [9.17, 15) is 10.2 Å². The average molecular weight is 331 g/mol. The molecule has 0 radical (unpaired) electrons. The quantitative estimate of drug-likeness (QED) is 0.438. The molecule has 3 N–H and O–H groups in total. The number of aliphatic hydroxyl groups is 3. The first-order valence-electron chi connectivity index (χ1n) is 9.70. The molecule has 0 aliphatic heterocycles. The lowest BCUT2D eigenvalue weighted by Crippen LogP contribution is -2.41. The Kier molecular flexibility index (Phi) is 12.2. The molecule has 0 aliphatic rings. The van der Waals surface area contributed by atoms with Crippen LogP contribution in [0, 0.1) is 17.8 Å². The lowest BCUT2D eigenvalue weighted by molar-refractivity contribution is -0.0886. The number of aliphatic hydroxyl groups excluding tert-OH is 2. The van der Waals surface area contributed by atoms with Crippen LogP contribution >= 0.6 is 0 Å². The highest BCUT2D eigenvalue weighted by atomic mass is 16.4. The summed E-state index contributed by atoms with van der Waals surface area (Å²) >= 11 is 0. The van der Waals surface area contributed by atoms with Crippen LogP contribution in [-0.4, -0.2) is 33.6 Å². The molecule has 0 fully saturated rings. The second kappa shape index (κ2) is 12.3. The molecule has 0 heterocycles. The smallest absolute Gasteiger partial charge is 0.105 e. The topological polar surface area (TPSA) is 60.7 Å². The highest BCUT2D eigenvalue weighted by Gasteiger charge is 2.29. The van der Waals surface area contributed by atoms with Gasteiger partial charge in [0.2, 0.25) is 0 Å². The molecule has 140 valence electrons. The fourth-order valence-corrected chi connectivity index (χ4v) is 3.15. The molecule has 0 saturated heterocycles. The second-order valence-electron chi connectivity index (χ2n) is 8.41. The first-order chi connectivity index (χ1) is 10.7. The maximum absolute atomic E-state index is 10.1. The van der Waals surface area contributed by atoms with E-state index in [4.69, 9.17) is 5.11 Å². The molecule has 23 heavy (non-hydrogen) atoms. The summed E-state index contributed by atoms with van der Waals surface area (Å²) in [5.41, 5.74) is -1.17. The Morgan fingerprint density at radius 2 is 1.22 bits per heavy atom. The van der Waals surface area contributed by atoms with Gasteiger partial charge >= 0.3 is 0 Å². The third-order valence-electron chi connectivity index (χ3n) is 5.14. The zero-order valence-corrected chi connectivity index (χ0v) is 16.2. The van der Waals surface area contributed by atoms with Crippen LogP contribution < -0.4 is 0 Å². The van der Waals surface area contributed by atoms with Crippen molar-refractivity contribution in [3.63, 3.8) is 0 Å². The Labute approximate surface area is 144 Å². The van der Waals surface area contributed by atoms with Crippen LogP contribution in [0.2, 0.25) is 0 Å². The standard InChI is InChI=1S/C20H42O3/c1-16(2)9-6-10-17(3)11-7-12-18(4)13-8-14-20(5,23)19(22)15-21/h16-19,21-23H,6-15H2,1-5H3/t17?,18?,19-,20-/m0/s1. The van der Waals surface area contributed by atoms with E-state index in [1.54, 1.807) is 6.92 Å². The van der Waals surface area contributed by atoms with Crippen molar-refractivity contribution >= 4 is 0 Å². The molecular formula is C20H42O3. The minimum Gasteiger partial charge on any atom is -0.394 e. The lowest BCUT2D eigenvalue weighted by Gasteiger charge is -2.28. The SMILES string of the molecule is CC(C)CCCC(C)CCCC(C)CCC[C@](C)(O)[C@@H](O)CO. The van der Waals surface area contributed by atoms with Gasteiger partial charge in [0.1, 0.15) is 6.10 Å². The first kappa shape index (κ1) is 22.9. The third kappa shape index (κ3) is 12.0. The normalized spacial score (nSPS) is 18.7. The lowest BCUT2D eigenvalue weighted by atomic mass is 9.88. The van der Waals surface area contributed by atoms with Crippen LogP contribution in [-0.2, 0) is 0 Å². The van der Waals surface area contributed by atoms with Crippen LogP contribution in [0.5, 0.6) is 0 Å². The monoisotopic (exact) mass is 330 g/mol. The fraction of sp³-hybridized carbons (Fsp3) is 1.00. The summed E-state index contributed by atoms with van der Waals surface area (Å²) in [6, 6.07) is 0. The summed E-state index contributed by atoms with van der Waals surface area (Å²) in [6.45, 7) is 10.5. The van der Waals surface area contributed by atoms with Gasteiger partial charge in [0.25, 0.3) is 0 Å². The Morgan fingerprint density at radius 3 is 1.65 bits per heavy atom. The maximum Gasteiger partial charge on any atom is 0.105 e. The second-order valence-corrected chi connectivity index (χ2v) is 8.41. The van der Waals surface area contributed by atoms with E-state index in [1.165, 1.54) is 38.5 Å². The largest absolute Gasteiger partial charge is 0.394 e. The van der Waals surface area contributed by atoms with Gasteiger partial charge in [-0.25, -0.2) is 0 Å². The van der Waals surface area contributed by atoms with E-state index in [-0.39, 0.29) is 6.61 Å². The van der Waals surface area contributed by atoms with Crippen molar-refractivity contribution in [1.82, 2.24) is 0 Å². The molecule has 3 heteroatoms. The van der Waals surface area contributed by atoms with Crippen LogP contribution in [0.3, 0.4) is 0 Å². The minimum absolute atomic E-state index is 0.378. The van der Waals surface area contributed by atoms with Gasteiger partial charge in [-0.1, -0.05) is 79.1 Å². The molecule has 0 aromatic rings. The van der Waals surface area contributed by atoms with Crippen molar-refractivity contribution < 1.29 is 15.3 Å². The summed E-state index contributed by atoms with van der Waals surface area (Å²) in [5.74, 6) is 2.32. The van der Waals surface area contributed by atoms with Gasteiger partial charge < -0.3 is 15.3 Å². The van der Waals surface area contributed by atoms with Crippen molar-refractivity contribution in [2.75, 3.05) is 6.61 Å². The summed E-state index contributed by atoms with van der Waals surface area (Å²) in [4.78, 5) is 0. The van der Waals surface area contributed by atoms with Gasteiger partial charge in [0.15, 0.2) is 0 Å². The van der Waals surface area contributed by atoms with E-state index < -0.39 is 11.7 Å². The minimum atomic E-state index is -1.17. The van der Waals surface area contributed by atoms with Gasteiger partial charge in [0.05, 0.1) is 12.2 Å². The Hall–Kier alpha value is -0.120. The average Bonchev–Trinajstić information content (AvgIpc) is 2.45. The molecule has 4 atom stereocenters. The Balaban J connectivity index is 3.69. The molecular weight excluding hydrogens is 288 g/mol. The number of hydrogen-bond donors (Lipinski definition) is 3. The molecule has 0 aromatic carbocycles. The molecule has 2 unspecified atom stereocenters. The van der Waals surface area contributed by atoms with E-state index in [1.807, 2.05) is 0 Å². The summed E-state index contributed by atoms with van der Waals surface area (Å²) in [5, 5.41) is 28.5. The molecule has 0 rings (SSSR count). The zero-order valence-electron chi connectivity index (χ0n) is 16.2. The fourth-order valence-electron chi connectivity index (χ4n) is 3.15. The van der Waals surface area contributed by atoms with Gasteiger partial charge in [-0.05, 0) is 31.1 Å². The van der Waals surface area contributed by atoms with Crippen LogP contribution in [0.1, 0.15) is 92.4 Å². The van der Waals surface area contributed by atoms with Crippen LogP contribution in [0.25, 0.3) is 0 Å². The van der Waals surface area contributed by atoms with Gasteiger partial charge in [0, 0.05) is 0 Å². The zero-order chi connectivity index (χ0) is 17.9. The van der Waals surface area contributed by atoms with Crippen LogP contribution in [0.4, 0.5) is 0 Å². The predicted molar refractivity (Wildman–Crippen MR) is 98.4 cm³/mol. The van der Waals surface area contributed by atoms with E-state index in [0.717, 1.165) is 24.7 Å². The number of rotatable bonds is 14. The molecule has 0 aliphatic carbocycles. The third-order valence-corrected chi connectivity index (χ3v) is 5.14. The summed E-state index contributed by atoms with van der Waals surface area (Å²) in [6.07, 6.45) is 9.41. The van der Waals surface area contributed by atoms with E-state index in [2.05, 4.69) is 27.7 Å². The highest BCUT2D eigenvalue weighted by Crippen LogP contribution is 2.24. The van der Waals surface area contributed by atoms with Crippen molar-refractivity contribution in [2.45, 2.75) is 104 Å². The van der Waals surface area contributed by atoms with Gasteiger partial charge in [-0.2, -0.15) is 0 Å². The van der Waals surface area contributed by atoms with Gasteiger partial charge in [-0.15, -0.1) is 0 Å². The highest BCUT2D eigenvalue weighted by molar-refractivity contribution is 4.81. The molecule has 0 spiro atoms. The van der Waals surface area contributed by atoms with E-state index in [0.29, 0.717) is 12.3 Å². The molecule has 0 amide bonds. The molecule has 0 aromatic heterocycles. The van der Waals surface area contributed by atoms with Crippen molar-refractivity contribution in [3.8, 4) is 0 Å². The predicted octanol–water partition coefficient (Wildman–Crippen LogP) is 4.53. The van der Waals surface area contributed by atoms with Crippen molar-refractivity contribution in [3.05, 3.63) is 0 Å². The maximum atomic E-state index is 10.1. The van der Waals surface area contributed by atoms with Gasteiger partial charge in [-0.3, -0.25) is 0 Å². The Bertz CT molecular complexity index is 276. The van der Waals surface area contributed by atoms with Crippen molar-refractivity contribution in [2.24, 2.45) is 17.8 Å². The number of hydrogen-bond acceptors (Lipinski definition) is 3. The first-order valence-corrected chi connectivity index (χ1v) is 9.70. The molecule has 0 saturated carbocycles. The molecule has 0 bridgehead atoms. The Morgan fingerprint density at radius 1 is 0.783 bits per heavy atom. The van der Waals surface area contributed by atoms with Crippen molar-refractivity contribution in [1.29, 1.82) is 0 Å². The van der Waals surface area contributed by atoms with Crippen LogP contribution in [0.15, 0.2) is 0 Å². The molecule has 3 nitrogen and oxygen atoms in total. The summed E-state index contributed by atoms with van der Waals surface area (Å²) in [7, 11) is 0. The summed E-state index contributed by atoms with van der Waals surface area (Å²) < 4.78 is 0. The van der Waals surface area contributed by atoms with E-state index >= 15 is 0 Å².